The van der Waals surface area contributed by atoms with Gasteiger partial charge in [-0.05, 0) is 25.0 Å². The molecular weight excluding hydrogens is 204 g/mol. The zero-order valence-corrected chi connectivity index (χ0v) is 9.48. The Morgan fingerprint density at radius 3 is 3.12 bits per heavy atom. The van der Waals surface area contributed by atoms with Crippen LogP contribution in [-0.2, 0) is 4.74 Å². The van der Waals surface area contributed by atoms with Gasteiger partial charge >= 0.3 is 6.09 Å². The van der Waals surface area contributed by atoms with E-state index in [9.17, 15) is 4.79 Å². The number of nitrogens with zero attached hydrogens (tertiary/aromatic N) is 1. The van der Waals surface area contributed by atoms with Crippen LogP contribution < -0.4 is 5.32 Å². The molecule has 0 aliphatic carbocycles. The number of carbonyl (C=O) groups is 1. The molecule has 0 saturated heterocycles. The van der Waals surface area contributed by atoms with E-state index in [0.29, 0.717) is 6.61 Å². The van der Waals surface area contributed by atoms with Crippen LogP contribution in [0.15, 0.2) is 24.5 Å². The number of nitrogens with one attached hydrogen (secondary N) is 1. The highest BCUT2D eigenvalue weighted by molar-refractivity contribution is 5.67. The number of hydrogen-bond donors (Lipinski definition) is 1. The molecule has 1 rings (SSSR count). The van der Waals surface area contributed by atoms with Gasteiger partial charge in [-0.15, -0.1) is 0 Å². The van der Waals surface area contributed by atoms with Crippen LogP contribution in [0.2, 0.25) is 0 Å². The Morgan fingerprint density at radius 2 is 2.50 bits per heavy atom. The third-order valence-electron chi connectivity index (χ3n) is 2.11. The molecule has 0 aliphatic rings. The van der Waals surface area contributed by atoms with Crippen LogP contribution in [0, 0.1) is 6.92 Å². The van der Waals surface area contributed by atoms with Crippen molar-refractivity contribution in [2.24, 2.45) is 0 Å². The van der Waals surface area contributed by atoms with Gasteiger partial charge in [0, 0.05) is 12.4 Å². The smallest absolute Gasteiger partial charge is 0.407 e. The summed E-state index contributed by atoms with van der Waals surface area (Å²) in [5.74, 6) is 0. The molecule has 87 valence electrons. The molecule has 4 heteroatoms. The summed E-state index contributed by atoms with van der Waals surface area (Å²) in [4.78, 5) is 15.3. The molecule has 0 bridgehead atoms. The highest BCUT2D eigenvalue weighted by Crippen LogP contribution is 2.09. The maximum absolute atomic E-state index is 11.3. The fraction of sp³-hybridized carbons (Fsp3) is 0.417. The molecule has 1 heterocycles. The second-order valence-corrected chi connectivity index (χ2v) is 3.47. The van der Waals surface area contributed by atoms with Crippen molar-refractivity contribution in [3.63, 3.8) is 0 Å². The number of carbonyl (C=O) groups excluding carboxylic acids is 1. The maximum atomic E-state index is 11.3. The Balaban J connectivity index is 2.34. The van der Waals surface area contributed by atoms with Crippen LogP contribution in [0.3, 0.4) is 0 Å². The Kier molecular flexibility index (Phi) is 5.32. The Bertz CT molecular complexity index is 314. The lowest BCUT2D eigenvalue weighted by atomic mass is 10.1. The molecule has 16 heavy (non-hydrogen) atoms. The second-order valence-electron chi connectivity index (χ2n) is 3.47. The van der Waals surface area contributed by atoms with E-state index in [4.69, 9.17) is 4.74 Å². The monoisotopic (exact) mass is 221 g/mol. The lowest BCUT2D eigenvalue weighted by molar-refractivity contribution is 0.142. The molecule has 1 atom stereocenters. The Hall–Kier alpha value is -1.58. The summed E-state index contributed by atoms with van der Waals surface area (Å²) in [6.07, 6.45) is 4.79. The number of aromatic nitrogens is 1. The topological polar surface area (TPSA) is 51.2 Å². The van der Waals surface area contributed by atoms with Crippen LogP contribution in [-0.4, -0.2) is 17.7 Å². The molecule has 1 aromatic heterocycles. The molecule has 1 N–H and O–H groups in total. The van der Waals surface area contributed by atoms with E-state index < -0.39 is 6.09 Å². The van der Waals surface area contributed by atoms with Gasteiger partial charge in [0.15, 0.2) is 0 Å². The Labute approximate surface area is 96.0 Å². The van der Waals surface area contributed by atoms with Gasteiger partial charge in [0.2, 0.25) is 0 Å². The zero-order chi connectivity index (χ0) is 11.8. The summed E-state index contributed by atoms with van der Waals surface area (Å²) in [7, 11) is 0. The number of unbranched alkanes of at least 4 members (excludes halogenated alkanes) is 1. The van der Waals surface area contributed by atoms with E-state index in [1.165, 1.54) is 0 Å². The summed E-state index contributed by atoms with van der Waals surface area (Å²) in [5, 5.41) is 2.64. The van der Waals surface area contributed by atoms with Crippen molar-refractivity contribution in [1.82, 2.24) is 10.3 Å². The number of hydrogen-bond acceptors (Lipinski definition) is 3. The van der Waals surface area contributed by atoms with Crippen molar-refractivity contribution in [1.29, 1.82) is 0 Å². The summed E-state index contributed by atoms with van der Waals surface area (Å²) in [6.45, 7) is 6.31. The van der Waals surface area contributed by atoms with Crippen molar-refractivity contribution in [2.45, 2.75) is 25.8 Å². The predicted octanol–water partition coefficient (Wildman–Crippen LogP) is 2.48. The fourth-order valence-corrected chi connectivity index (χ4v) is 1.16. The summed E-state index contributed by atoms with van der Waals surface area (Å²) in [6, 6.07) is 3.33. The quantitative estimate of drug-likeness (QED) is 0.777. The van der Waals surface area contributed by atoms with Gasteiger partial charge in [-0.1, -0.05) is 19.4 Å². The molecule has 0 aliphatic heterocycles. The molecule has 1 radical (unpaired) electrons. The third-order valence-corrected chi connectivity index (χ3v) is 2.11. The van der Waals surface area contributed by atoms with Gasteiger partial charge < -0.3 is 10.1 Å². The summed E-state index contributed by atoms with van der Waals surface area (Å²) >= 11 is 0. The minimum absolute atomic E-state index is 0.331. The van der Waals surface area contributed by atoms with Crippen LogP contribution in [0.4, 0.5) is 4.79 Å². The molecule has 1 aromatic rings. The van der Waals surface area contributed by atoms with Crippen molar-refractivity contribution in [3.05, 3.63) is 37.0 Å². The first-order valence-electron chi connectivity index (χ1n) is 5.40. The van der Waals surface area contributed by atoms with Gasteiger partial charge in [-0.3, -0.25) is 4.98 Å². The van der Waals surface area contributed by atoms with Crippen LogP contribution >= 0.6 is 0 Å². The number of pyridine rings is 1. The molecule has 4 nitrogen and oxygen atoms in total. The largest absolute Gasteiger partial charge is 0.450 e. The molecule has 1 amide bonds. The normalized spacial score (nSPS) is 11.9. The van der Waals surface area contributed by atoms with Crippen molar-refractivity contribution < 1.29 is 9.53 Å². The molecule has 0 spiro atoms. The number of rotatable bonds is 5. The first-order valence-corrected chi connectivity index (χ1v) is 5.40. The van der Waals surface area contributed by atoms with Gasteiger partial charge in [-0.2, -0.15) is 0 Å². The highest BCUT2D eigenvalue weighted by Gasteiger charge is 2.09. The molecule has 0 fully saturated rings. The Morgan fingerprint density at radius 1 is 1.69 bits per heavy atom. The molecule has 1 unspecified atom stereocenters. The van der Waals surface area contributed by atoms with Gasteiger partial charge in [0.1, 0.15) is 0 Å². The lowest BCUT2D eigenvalue weighted by Gasteiger charge is -2.13. The SMILES string of the molecule is [CH2]C(NC(=O)OCCCC)c1cccnc1. The minimum Gasteiger partial charge on any atom is -0.450 e. The first-order chi connectivity index (χ1) is 7.74. The zero-order valence-electron chi connectivity index (χ0n) is 9.48. The van der Waals surface area contributed by atoms with Gasteiger partial charge in [0.05, 0.1) is 12.6 Å². The van der Waals surface area contributed by atoms with Crippen LogP contribution in [0.5, 0.6) is 0 Å². The van der Waals surface area contributed by atoms with E-state index in [1.807, 2.05) is 13.0 Å². The van der Waals surface area contributed by atoms with E-state index in [-0.39, 0.29) is 6.04 Å². The van der Waals surface area contributed by atoms with Gasteiger partial charge in [-0.25, -0.2) is 4.79 Å². The molecule has 0 aromatic carbocycles. The first kappa shape index (κ1) is 12.5. The lowest BCUT2D eigenvalue weighted by Crippen LogP contribution is -2.27. The van der Waals surface area contributed by atoms with Gasteiger partial charge in [0.25, 0.3) is 0 Å². The third kappa shape index (κ3) is 4.29. The second kappa shape index (κ2) is 6.82. The summed E-state index contributed by atoms with van der Waals surface area (Å²) in [5.41, 5.74) is 0.856. The molecular formula is C12H17N2O2. The van der Waals surface area contributed by atoms with E-state index >= 15 is 0 Å². The number of amides is 1. The number of alkyl carbamates (subject to hydrolysis) is 1. The van der Waals surface area contributed by atoms with Crippen LogP contribution in [0.25, 0.3) is 0 Å². The molecule has 0 saturated carbocycles. The average molecular weight is 221 g/mol. The summed E-state index contributed by atoms with van der Waals surface area (Å²) < 4.78 is 4.96. The van der Waals surface area contributed by atoms with E-state index in [1.54, 1.807) is 18.5 Å². The van der Waals surface area contributed by atoms with Crippen molar-refractivity contribution in [3.8, 4) is 0 Å². The van der Waals surface area contributed by atoms with Crippen LogP contribution in [0.1, 0.15) is 31.4 Å². The van der Waals surface area contributed by atoms with Crippen molar-refractivity contribution in [2.75, 3.05) is 6.61 Å². The standard InChI is InChI=1S/C12H17N2O2/c1-3-4-8-16-12(15)14-10(2)11-6-5-7-13-9-11/h5-7,9-10H,2-4,8H2,1H3,(H,14,15). The number of ether oxygens (including phenoxy) is 1. The fourth-order valence-electron chi connectivity index (χ4n) is 1.16. The van der Waals surface area contributed by atoms with Crippen molar-refractivity contribution >= 4 is 6.09 Å². The minimum atomic E-state index is -0.433. The average Bonchev–Trinajstić information content (AvgIpc) is 2.30. The van der Waals surface area contributed by atoms with E-state index in [2.05, 4.69) is 17.2 Å². The highest BCUT2D eigenvalue weighted by atomic mass is 16.5. The predicted molar refractivity (Wildman–Crippen MR) is 61.7 cm³/mol. The maximum Gasteiger partial charge on any atom is 0.407 e. The van der Waals surface area contributed by atoms with E-state index in [0.717, 1.165) is 18.4 Å².